The maximum Gasteiger partial charge on any atom is 0.291 e. The van der Waals surface area contributed by atoms with Gasteiger partial charge < -0.3 is 0 Å². The molecule has 0 amide bonds. The molecule has 1 aromatic carbocycles. The van der Waals surface area contributed by atoms with Gasteiger partial charge in [-0.15, -0.1) is 16.4 Å². The van der Waals surface area contributed by atoms with Crippen molar-refractivity contribution in [3.8, 4) is 11.4 Å². The second-order valence-electron chi connectivity index (χ2n) is 4.54. The molecule has 0 radical (unpaired) electrons. The normalized spacial score (nSPS) is 12.3. The Morgan fingerprint density at radius 2 is 2.05 bits per heavy atom. The van der Waals surface area contributed by atoms with Crippen molar-refractivity contribution in [1.29, 1.82) is 0 Å². The molecule has 0 aliphatic carbocycles. The fraction of sp³-hybridized carbons (Fsp3) is 0. The quantitative estimate of drug-likeness (QED) is 0.528. The second-order valence-corrected chi connectivity index (χ2v) is 7.38. The van der Waals surface area contributed by atoms with E-state index in [4.69, 9.17) is 0 Å². The lowest BCUT2D eigenvalue weighted by molar-refractivity contribution is 0.936. The van der Waals surface area contributed by atoms with Crippen LogP contribution in [0.1, 0.15) is 4.88 Å². The smallest absolute Gasteiger partial charge is 0.266 e. The van der Waals surface area contributed by atoms with Gasteiger partial charge >= 0.3 is 0 Å². The first-order valence-electron chi connectivity index (χ1n) is 6.42. The molecule has 0 saturated carbocycles. The Balaban J connectivity index is 1.88. The average molecular weight is 390 g/mol. The van der Waals surface area contributed by atoms with Crippen LogP contribution in [0.3, 0.4) is 0 Å². The second kappa shape index (κ2) is 5.42. The highest BCUT2D eigenvalue weighted by Gasteiger charge is 2.13. The molecular weight excluding hydrogens is 382 g/mol. The predicted octanol–water partition coefficient (Wildman–Crippen LogP) is 3.19. The zero-order valence-corrected chi connectivity index (χ0v) is 14.3. The van der Waals surface area contributed by atoms with E-state index in [1.165, 1.54) is 15.9 Å². The molecule has 0 fully saturated rings. The third-order valence-electron chi connectivity index (χ3n) is 3.11. The fourth-order valence-electron chi connectivity index (χ4n) is 2.09. The van der Waals surface area contributed by atoms with E-state index in [2.05, 4.69) is 26.0 Å². The lowest BCUT2D eigenvalue weighted by atomic mass is 10.2. The Bertz CT molecular complexity index is 1070. The molecule has 4 nitrogen and oxygen atoms in total. The van der Waals surface area contributed by atoms with Gasteiger partial charge in [0.2, 0.25) is 4.96 Å². The van der Waals surface area contributed by atoms with Crippen LogP contribution in [0, 0.1) is 0 Å². The van der Waals surface area contributed by atoms with Crippen LogP contribution >= 0.6 is 38.6 Å². The molecule has 3 aromatic heterocycles. The highest BCUT2D eigenvalue weighted by atomic mass is 79.9. The van der Waals surface area contributed by atoms with Gasteiger partial charge in [0.1, 0.15) is 0 Å². The molecule has 0 bridgehead atoms. The number of thiophene rings is 1. The molecule has 7 heteroatoms. The largest absolute Gasteiger partial charge is 0.291 e. The minimum atomic E-state index is -0.126. The van der Waals surface area contributed by atoms with Crippen molar-refractivity contribution in [1.82, 2.24) is 14.6 Å². The Hall–Kier alpha value is -1.83. The predicted molar refractivity (Wildman–Crippen MR) is 93.4 cm³/mol. The first-order valence-corrected chi connectivity index (χ1v) is 8.91. The number of aromatic nitrogens is 3. The van der Waals surface area contributed by atoms with Gasteiger partial charge in [-0.05, 0) is 29.7 Å². The van der Waals surface area contributed by atoms with Crippen LogP contribution in [0.4, 0.5) is 0 Å². The summed E-state index contributed by atoms with van der Waals surface area (Å²) in [7, 11) is 0. The summed E-state index contributed by atoms with van der Waals surface area (Å²) in [4.78, 5) is 18.6. The van der Waals surface area contributed by atoms with E-state index in [1.54, 1.807) is 11.3 Å². The first kappa shape index (κ1) is 13.8. The van der Waals surface area contributed by atoms with Gasteiger partial charge in [-0.1, -0.05) is 45.5 Å². The molecule has 0 aliphatic heterocycles. The molecule has 0 saturated heterocycles. The third kappa shape index (κ3) is 2.31. The molecule has 0 aliphatic rings. The fourth-order valence-corrected chi connectivity index (χ4v) is 4.19. The van der Waals surface area contributed by atoms with Gasteiger partial charge in [-0.25, -0.2) is 0 Å². The van der Waals surface area contributed by atoms with E-state index in [9.17, 15) is 4.79 Å². The number of thiazole rings is 1. The van der Waals surface area contributed by atoms with E-state index < -0.39 is 0 Å². The molecule has 0 unspecified atom stereocenters. The van der Waals surface area contributed by atoms with Crippen molar-refractivity contribution in [2.24, 2.45) is 0 Å². The lowest BCUT2D eigenvalue weighted by Gasteiger charge is -1.96. The van der Waals surface area contributed by atoms with Crippen molar-refractivity contribution in [2.45, 2.75) is 0 Å². The summed E-state index contributed by atoms with van der Waals surface area (Å²) in [6, 6.07) is 11.6. The Labute approximate surface area is 141 Å². The van der Waals surface area contributed by atoms with E-state index in [-0.39, 0.29) is 5.56 Å². The van der Waals surface area contributed by atoms with Crippen LogP contribution in [-0.2, 0) is 0 Å². The van der Waals surface area contributed by atoms with Crippen LogP contribution in [-0.4, -0.2) is 14.6 Å². The highest BCUT2D eigenvalue weighted by Crippen LogP contribution is 2.25. The maximum atomic E-state index is 12.4. The van der Waals surface area contributed by atoms with Crippen LogP contribution in [0.15, 0.2) is 51.0 Å². The Morgan fingerprint density at radius 1 is 1.18 bits per heavy atom. The number of rotatable bonds is 2. The van der Waals surface area contributed by atoms with Gasteiger partial charge in [0.15, 0.2) is 5.82 Å². The van der Waals surface area contributed by atoms with Crippen LogP contribution in [0.2, 0.25) is 0 Å². The number of nitrogens with zero attached hydrogens (tertiary/aromatic N) is 3. The summed E-state index contributed by atoms with van der Waals surface area (Å²) in [5.74, 6) is 0.554. The monoisotopic (exact) mass is 389 g/mol. The van der Waals surface area contributed by atoms with Gasteiger partial charge in [0.05, 0.1) is 4.53 Å². The van der Waals surface area contributed by atoms with Gasteiger partial charge in [-0.3, -0.25) is 4.79 Å². The van der Waals surface area contributed by atoms with Crippen molar-refractivity contribution < 1.29 is 0 Å². The SMILES string of the molecule is O=c1/c(=C\c2cccs2)sc2nc(-c3ccccc3Br)nn12. The number of fused-ring (bicyclic) bond motifs is 1. The van der Waals surface area contributed by atoms with Crippen LogP contribution in [0.5, 0.6) is 0 Å². The summed E-state index contributed by atoms with van der Waals surface area (Å²) < 4.78 is 2.93. The van der Waals surface area contributed by atoms with Crippen molar-refractivity contribution >= 4 is 49.6 Å². The van der Waals surface area contributed by atoms with E-state index >= 15 is 0 Å². The zero-order valence-electron chi connectivity index (χ0n) is 11.1. The summed E-state index contributed by atoms with van der Waals surface area (Å²) >= 11 is 6.44. The minimum absolute atomic E-state index is 0.126. The molecule has 4 aromatic rings. The van der Waals surface area contributed by atoms with Crippen molar-refractivity contribution in [3.05, 3.63) is 66.0 Å². The number of halogens is 1. The maximum absolute atomic E-state index is 12.4. The van der Waals surface area contributed by atoms with Crippen molar-refractivity contribution in [3.63, 3.8) is 0 Å². The minimum Gasteiger partial charge on any atom is -0.266 e. The van der Waals surface area contributed by atoms with Gasteiger partial charge in [0, 0.05) is 14.9 Å². The molecule has 3 heterocycles. The molecular formula is C15H8BrN3OS2. The molecule has 0 spiro atoms. The standard InChI is InChI=1S/C15H8BrN3OS2/c16-11-6-2-1-5-10(11)13-17-15-19(18-13)14(20)12(22-15)8-9-4-3-7-21-9/h1-8H/b12-8+. The number of benzene rings is 1. The Kier molecular flexibility index (Phi) is 3.40. The van der Waals surface area contributed by atoms with E-state index in [0.717, 1.165) is 14.9 Å². The third-order valence-corrected chi connectivity index (χ3v) is 5.58. The van der Waals surface area contributed by atoms with Crippen LogP contribution in [0.25, 0.3) is 22.4 Å². The Morgan fingerprint density at radius 3 is 2.77 bits per heavy atom. The van der Waals surface area contributed by atoms with Crippen LogP contribution < -0.4 is 10.1 Å². The molecule has 0 N–H and O–H groups in total. The summed E-state index contributed by atoms with van der Waals surface area (Å²) in [5, 5.41) is 6.33. The lowest BCUT2D eigenvalue weighted by Crippen LogP contribution is -2.23. The molecule has 22 heavy (non-hydrogen) atoms. The number of hydrogen-bond acceptors (Lipinski definition) is 5. The average Bonchev–Trinajstić information content (AvgIpc) is 3.20. The zero-order chi connectivity index (χ0) is 15.1. The first-order chi connectivity index (χ1) is 10.7. The van der Waals surface area contributed by atoms with Crippen molar-refractivity contribution in [2.75, 3.05) is 0 Å². The highest BCUT2D eigenvalue weighted by molar-refractivity contribution is 9.10. The van der Waals surface area contributed by atoms with E-state index in [0.29, 0.717) is 15.3 Å². The van der Waals surface area contributed by atoms with Gasteiger partial charge in [-0.2, -0.15) is 9.50 Å². The van der Waals surface area contributed by atoms with Gasteiger partial charge in [0.25, 0.3) is 5.56 Å². The molecule has 108 valence electrons. The number of hydrogen-bond donors (Lipinski definition) is 0. The molecule has 0 atom stereocenters. The van der Waals surface area contributed by atoms with E-state index in [1.807, 2.05) is 47.9 Å². The summed E-state index contributed by atoms with van der Waals surface area (Å²) in [6.45, 7) is 0. The topological polar surface area (TPSA) is 47.3 Å². The summed E-state index contributed by atoms with van der Waals surface area (Å²) in [5.41, 5.74) is 0.751. The summed E-state index contributed by atoms with van der Waals surface area (Å²) in [6.07, 6.45) is 1.88. The molecule has 4 rings (SSSR count).